The Balaban J connectivity index is 2.64. The highest BCUT2D eigenvalue weighted by atomic mass is 16.2. The van der Waals surface area contributed by atoms with Crippen molar-refractivity contribution in [3.8, 4) is 0 Å². The second-order valence-electron chi connectivity index (χ2n) is 2.86. The number of rotatable bonds is 2. The molecule has 1 amide bonds. The molecule has 2 atom stereocenters. The minimum Gasteiger partial charge on any atom is -0.356 e. The van der Waals surface area contributed by atoms with E-state index in [0.717, 1.165) is 18.2 Å². The maximum absolute atomic E-state index is 11.2. The van der Waals surface area contributed by atoms with Gasteiger partial charge in [0.05, 0.1) is 0 Å². The van der Waals surface area contributed by atoms with Crippen LogP contribution in [0.1, 0.15) is 26.7 Å². The first-order valence-electron chi connectivity index (χ1n) is 4.45. The van der Waals surface area contributed by atoms with Gasteiger partial charge in [0, 0.05) is 12.5 Å². The molecule has 0 saturated carbocycles. The summed E-state index contributed by atoms with van der Waals surface area (Å²) in [6.07, 6.45) is 1.90. The smallest absolute Gasteiger partial charge is 0.223 e. The first-order chi connectivity index (χ1) is 5.20. The molecule has 2 heteroatoms. The van der Waals surface area contributed by atoms with Gasteiger partial charge in [-0.25, -0.2) is 0 Å². The average molecular weight is 142 g/mol. The zero-order chi connectivity index (χ0) is 8.43. The molecule has 10 heavy (non-hydrogen) atoms. The topological polar surface area (TPSA) is 29.1 Å². The van der Waals surface area contributed by atoms with Crippen LogP contribution in [0.5, 0.6) is 0 Å². The second kappa shape index (κ2) is 3.04. The lowest BCUT2D eigenvalue weighted by Crippen LogP contribution is -2.18. The van der Waals surface area contributed by atoms with Crippen molar-refractivity contribution in [2.45, 2.75) is 26.7 Å². The standard InChI is InChI=1S/C8H15NO/c1-3-6-5-9-8(10)7(6)4-2/h6-7H,3-5H2,1-2H3,(H,9,10)/i/hD. The van der Waals surface area contributed by atoms with Gasteiger partial charge in [-0.15, -0.1) is 0 Å². The highest BCUT2D eigenvalue weighted by Crippen LogP contribution is 2.23. The lowest BCUT2D eigenvalue weighted by atomic mass is 9.91. The quantitative estimate of drug-likeness (QED) is 0.616. The van der Waals surface area contributed by atoms with E-state index in [1.54, 1.807) is 0 Å². The van der Waals surface area contributed by atoms with Gasteiger partial charge in [-0.2, -0.15) is 0 Å². The predicted octanol–water partition coefficient (Wildman–Crippen LogP) is 1.17. The Bertz CT molecular complexity index is 160. The fourth-order valence-corrected chi connectivity index (χ4v) is 1.57. The Morgan fingerprint density at radius 1 is 1.70 bits per heavy atom. The van der Waals surface area contributed by atoms with Crippen molar-refractivity contribution in [3.05, 3.63) is 0 Å². The molecule has 0 aromatic rings. The van der Waals surface area contributed by atoms with Crippen molar-refractivity contribution in [3.63, 3.8) is 0 Å². The molecule has 1 saturated heterocycles. The Hall–Kier alpha value is -0.530. The van der Waals surface area contributed by atoms with Crippen molar-refractivity contribution in [1.82, 2.24) is 5.31 Å². The van der Waals surface area contributed by atoms with Crippen LogP contribution >= 0.6 is 0 Å². The largest absolute Gasteiger partial charge is 0.356 e. The van der Waals surface area contributed by atoms with Crippen LogP contribution in [-0.2, 0) is 4.79 Å². The molecule has 1 aliphatic heterocycles. The Labute approximate surface area is 63.5 Å². The number of hydrogen-bond donors (Lipinski definition) is 1. The molecule has 0 aromatic carbocycles. The molecule has 58 valence electrons. The molecule has 0 aliphatic carbocycles. The highest BCUT2D eigenvalue weighted by Gasteiger charge is 2.31. The van der Waals surface area contributed by atoms with Crippen LogP contribution in [0, 0.1) is 11.8 Å². The van der Waals surface area contributed by atoms with Crippen LogP contribution in [0.2, 0.25) is 1.41 Å². The zero-order valence-electron chi connectivity index (χ0n) is 7.63. The molecule has 2 nitrogen and oxygen atoms in total. The van der Waals surface area contributed by atoms with Crippen LogP contribution in [-0.4, -0.2) is 12.5 Å². The first kappa shape index (κ1) is 6.20. The van der Waals surface area contributed by atoms with Gasteiger partial charge < -0.3 is 5.31 Å². The molecule has 0 spiro atoms. The van der Waals surface area contributed by atoms with Crippen LogP contribution in [0.4, 0.5) is 0 Å². The number of carbonyl (C=O) groups excluding carboxylic acids is 1. The lowest BCUT2D eigenvalue weighted by molar-refractivity contribution is -0.123. The molecule has 1 heterocycles. The van der Waals surface area contributed by atoms with Gasteiger partial charge in [0.1, 0.15) is 0 Å². The molecular weight excluding hydrogens is 126 g/mol. The highest BCUT2D eigenvalue weighted by molar-refractivity contribution is 5.81. The third-order valence-corrected chi connectivity index (χ3v) is 2.33. The van der Waals surface area contributed by atoms with Gasteiger partial charge in [0.15, 0.2) is 1.41 Å². The minimum atomic E-state index is 0.0133. The first-order valence-corrected chi connectivity index (χ1v) is 4.00. The summed E-state index contributed by atoms with van der Waals surface area (Å²) < 4.78 is 7.29. The summed E-state index contributed by atoms with van der Waals surface area (Å²) in [5.74, 6) is 0.557. The Kier molecular flexibility index (Phi) is 1.88. The number of hydrogen-bond acceptors (Lipinski definition) is 1. The Morgan fingerprint density at radius 3 is 2.80 bits per heavy atom. The number of carbonyl (C=O) groups is 1. The molecule has 1 rings (SSSR count). The van der Waals surface area contributed by atoms with Crippen LogP contribution in [0.3, 0.4) is 0 Å². The van der Waals surface area contributed by atoms with Crippen LogP contribution in [0.15, 0.2) is 0 Å². The third-order valence-electron chi connectivity index (χ3n) is 2.33. The van der Waals surface area contributed by atoms with E-state index < -0.39 is 0 Å². The van der Waals surface area contributed by atoms with Crippen molar-refractivity contribution in [2.75, 3.05) is 6.54 Å². The normalized spacial score (nSPS) is 34.8. The maximum atomic E-state index is 11.2. The van der Waals surface area contributed by atoms with Gasteiger partial charge in [0.25, 0.3) is 0 Å². The molecule has 1 aliphatic rings. The van der Waals surface area contributed by atoms with E-state index in [-0.39, 0.29) is 11.8 Å². The lowest BCUT2D eigenvalue weighted by Gasteiger charge is -2.10. The van der Waals surface area contributed by atoms with Gasteiger partial charge in [0.2, 0.25) is 5.91 Å². The van der Waals surface area contributed by atoms with Gasteiger partial charge in [-0.3, -0.25) is 4.79 Å². The van der Waals surface area contributed by atoms with Crippen LogP contribution < -0.4 is 5.31 Å². The fourth-order valence-electron chi connectivity index (χ4n) is 1.57. The molecular formula is C8H15NO. The van der Waals surface area contributed by atoms with Crippen molar-refractivity contribution in [2.24, 2.45) is 11.8 Å². The summed E-state index contributed by atoms with van der Waals surface area (Å²) in [6, 6.07) is 0. The average Bonchev–Trinajstić information content (AvgIpc) is 2.28. The van der Waals surface area contributed by atoms with E-state index in [9.17, 15) is 4.79 Å². The molecule has 0 aromatic heterocycles. The number of amides is 1. The molecule has 0 bridgehead atoms. The summed E-state index contributed by atoms with van der Waals surface area (Å²) in [5.41, 5.74) is 0. The summed E-state index contributed by atoms with van der Waals surface area (Å²) in [5, 5.41) is 1.11. The molecule has 1 N–H and O–H groups in total. The van der Waals surface area contributed by atoms with E-state index in [4.69, 9.17) is 1.41 Å². The second-order valence-corrected chi connectivity index (χ2v) is 2.86. The minimum absolute atomic E-state index is 0.0133. The fraction of sp³-hybridized carbons (Fsp3) is 0.875. The van der Waals surface area contributed by atoms with Crippen LogP contribution in [0.25, 0.3) is 0 Å². The Morgan fingerprint density at radius 2 is 2.40 bits per heavy atom. The summed E-state index contributed by atoms with van der Waals surface area (Å²) in [7, 11) is 0. The van der Waals surface area contributed by atoms with E-state index in [0.29, 0.717) is 12.5 Å². The van der Waals surface area contributed by atoms with E-state index in [1.165, 1.54) is 0 Å². The molecule has 2 unspecified atom stereocenters. The zero-order valence-corrected chi connectivity index (χ0v) is 6.63. The number of nitrogens with one attached hydrogen (secondary N) is 1. The summed E-state index contributed by atoms with van der Waals surface area (Å²) >= 11 is 0. The van der Waals surface area contributed by atoms with Crippen molar-refractivity contribution < 1.29 is 6.21 Å². The summed E-state index contributed by atoms with van der Waals surface area (Å²) in [4.78, 5) is 11.2. The van der Waals surface area contributed by atoms with Gasteiger partial charge in [-0.05, 0) is 12.3 Å². The predicted molar refractivity (Wildman–Crippen MR) is 40.6 cm³/mol. The van der Waals surface area contributed by atoms with Gasteiger partial charge >= 0.3 is 0 Å². The van der Waals surface area contributed by atoms with E-state index in [2.05, 4.69) is 6.92 Å². The SMILES string of the molecule is [2H]N1CC(CC)C(CC)C1=O. The monoisotopic (exact) mass is 142 g/mol. The van der Waals surface area contributed by atoms with Gasteiger partial charge in [-0.1, -0.05) is 20.3 Å². The molecule has 0 radical (unpaired) electrons. The summed E-state index contributed by atoms with van der Waals surface area (Å²) in [6.45, 7) is 4.73. The molecule has 1 fully saturated rings. The van der Waals surface area contributed by atoms with Crippen molar-refractivity contribution in [1.29, 1.82) is 0 Å². The maximum Gasteiger partial charge on any atom is 0.223 e. The van der Waals surface area contributed by atoms with Crippen molar-refractivity contribution >= 4 is 5.91 Å². The van der Waals surface area contributed by atoms with E-state index in [1.807, 2.05) is 6.92 Å². The van der Waals surface area contributed by atoms with E-state index >= 15 is 0 Å². The third kappa shape index (κ3) is 1.15.